The van der Waals surface area contributed by atoms with Crippen molar-refractivity contribution < 1.29 is 36.5 Å². The van der Waals surface area contributed by atoms with Gasteiger partial charge in [0.2, 0.25) is 5.89 Å². The summed E-state index contributed by atoms with van der Waals surface area (Å²) in [5.74, 6) is 0.520. The van der Waals surface area contributed by atoms with Crippen molar-refractivity contribution in [1.82, 2.24) is 9.97 Å². The van der Waals surface area contributed by atoms with Crippen molar-refractivity contribution in [2.75, 3.05) is 6.54 Å². The van der Waals surface area contributed by atoms with Gasteiger partial charge in [-0.25, -0.2) is 13.8 Å². The fourth-order valence-corrected chi connectivity index (χ4v) is 4.53. The van der Waals surface area contributed by atoms with E-state index in [4.69, 9.17) is 9.15 Å². The fraction of sp³-hybridized carbons (Fsp3) is 0.121. The van der Waals surface area contributed by atoms with E-state index in [1.165, 1.54) is 12.3 Å². The highest BCUT2D eigenvalue weighted by atomic mass is 19.3. The Labute approximate surface area is 254 Å². The molecule has 0 bridgehead atoms. The van der Waals surface area contributed by atoms with Crippen LogP contribution in [0.1, 0.15) is 27.9 Å². The van der Waals surface area contributed by atoms with Gasteiger partial charge in [-0.15, -0.1) is 4.70 Å². The van der Waals surface area contributed by atoms with Gasteiger partial charge in [-0.05, 0) is 66.2 Å². The predicted octanol–water partition coefficient (Wildman–Crippen LogP) is 6.39. The summed E-state index contributed by atoms with van der Waals surface area (Å²) in [6, 6.07) is 19.0. The molecule has 1 N–H and O–H groups in total. The Kier molecular flexibility index (Phi) is 7.93. The maximum absolute atomic E-state index is 15.8. The average molecular weight is 613 g/mol. The Morgan fingerprint density at radius 1 is 0.889 bits per heavy atom. The van der Waals surface area contributed by atoms with E-state index in [-0.39, 0.29) is 0 Å². The lowest BCUT2D eigenvalue weighted by Crippen LogP contribution is -2.50. The lowest BCUT2D eigenvalue weighted by Gasteiger charge is -2.35. The number of halogens is 4. The molecule has 224 valence electrons. The van der Waals surface area contributed by atoms with Gasteiger partial charge in [0.25, 0.3) is 6.34 Å². The van der Waals surface area contributed by atoms with Crippen LogP contribution in [0.5, 0.6) is 5.75 Å². The molecule has 0 radical (unpaired) electrons. The van der Waals surface area contributed by atoms with Crippen molar-refractivity contribution in [3.05, 3.63) is 137 Å². The van der Waals surface area contributed by atoms with Gasteiger partial charge in [0, 0.05) is 39.6 Å². The molecule has 0 spiro atoms. The van der Waals surface area contributed by atoms with Crippen LogP contribution in [-0.4, -0.2) is 32.7 Å². The number of rotatable bonds is 9. The third-order valence-electron chi connectivity index (χ3n) is 6.97. The van der Waals surface area contributed by atoms with E-state index >= 15 is 8.78 Å². The maximum Gasteiger partial charge on any atom is 0.325 e. The van der Waals surface area contributed by atoms with Crippen LogP contribution in [0.15, 0.2) is 112 Å². The molecule has 1 unspecified atom stereocenters. The van der Waals surface area contributed by atoms with Crippen molar-refractivity contribution >= 4 is 6.34 Å². The topological polar surface area (TPSA) is 96.1 Å². The lowest BCUT2D eigenvalue weighted by atomic mass is 9.84. The highest BCUT2D eigenvalue weighted by molar-refractivity contribution is 5.53. The second kappa shape index (κ2) is 12.1. The van der Waals surface area contributed by atoms with Crippen molar-refractivity contribution in [1.29, 1.82) is 0 Å². The molecule has 0 amide bonds. The summed E-state index contributed by atoms with van der Waals surface area (Å²) in [5, 5.41) is 18.1. The van der Waals surface area contributed by atoms with Crippen LogP contribution in [0.4, 0.5) is 17.6 Å². The van der Waals surface area contributed by atoms with Crippen LogP contribution in [0, 0.1) is 23.5 Å². The maximum atomic E-state index is 15.8. The highest BCUT2D eigenvalue weighted by Gasteiger charge is 2.59. The molecule has 12 heteroatoms. The molecule has 3 aromatic carbocycles. The van der Waals surface area contributed by atoms with Crippen LogP contribution >= 0.6 is 0 Å². The molecule has 0 saturated carbocycles. The Morgan fingerprint density at radius 3 is 2.24 bits per heavy atom. The van der Waals surface area contributed by atoms with Gasteiger partial charge in [-0.2, -0.15) is 8.78 Å². The van der Waals surface area contributed by atoms with Gasteiger partial charge in [0.1, 0.15) is 42.5 Å². The second-order valence-electron chi connectivity index (χ2n) is 10.0. The van der Waals surface area contributed by atoms with E-state index in [0.29, 0.717) is 35.4 Å². The number of benzene rings is 3. The number of nitrogens with zero attached hydrogens (tertiary/aromatic N) is 5. The smallest absolute Gasteiger partial charge is 0.325 e. The summed E-state index contributed by atoms with van der Waals surface area (Å²) in [4.78, 5) is 7.94. The van der Waals surface area contributed by atoms with Crippen LogP contribution in [0.2, 0.25) is 0 Å². The van der Waals surface area contributed by atoms with E-state index in [1.54, 1.807) is 30.5 Å². The minimum atomic E-state index is -4.12. The van der Waals surface area contributed by atoms with Crippen LogP contribution < -0.4 is 4.74 Å². The molecule has 2 aromatic heterocycles. The lowest BCUT2D eigenvalue weighted by molar-refractivity contribution is -0.527. The molecule has 8 nitrogen and oxygen atoms in total. The minimum Gasteiger partial charge on any atom is -0.489 e. The third kappa shape index (κ3) is 6.20. The average Bonchev–Trinajstić information content (AvgIpc) is 3.57. The first-order valence-electron chi connectivity index (χ1n) is 13.5. The van der Waals surface area contributed by atoms with Crippen LogP contribution in [0.25, 0.3) is 11.5 Å². The van der Waals surface area contributed by atoms with E-state index in [9.17, 15) is 13.9 Å². The Morgan fingerprint density at radius 2 is 1.62 bits per heavy atom. The Hall–Kier alpha value is -5.67. The van der Waals surface area contributed by atoms with E-state index in [0.717, 1.165) is 46.6 Å². The molecular formula is C33H22F4N5O3+. The molecule has 3 heterocycles. The summed E-state index contributed by atoms with van der Waals surface area (Å²) in [5.41, 5.74) is -2.03. The molecule has 6 rings (SSSR count). The summed E-state index contributed by atoms with van der Waals surface area (Å²) in [6.45, 7) is -0.506. The zero-order valence-electron chi connectivity index (χ0n) is 23.2. The monoisotopic (exact) mass is 612 g/mol. The van der Waals surface area contributed by atoms with Gasteiger partial charge in [-0.3, -0.25) is 4.98 Å². The molecule has 5 aromatic rings. The summed E-state index contributed by atoms with van der Waals surface area (Å²) < 4.78 is 71.8. The first kappa shape index (κ1) is 29.4. The standard InChI is InChI=1S/C33H22F4N5O3/c34-26-10-13-28(29(35)17-26)32(43,20-42-21-40-41-42)33(36,37)30-14-7-23(18-39-30)2-1-22-5-11-27(12-6-22)45-19-24-3-8-25(9-4-24)31-38-15-16-44-31/h3-18,21,43H,19-20H2/q+1. The van der Waals surface area contributed by atoms with E-state index in [2.05, 4.69) is 32.1 Å². The molecular weight excluding hydrogens is 590 g/mol. The summed E-state index contributed by atoms with van der Waals surface area (Å²) in [7, 11) is 0. The van der Waals surface area contributed by atoms with Gasteiger partial charge in [0.05, 0.1) is 11.4 Å². The van der Waals surface area contributed by atoms with E-state index in [1.807, 2.05) is 24.3 Å². The minimum absolute atomic E-state index is 0.324. The SMILES string of the molecule is OC(C[N+]1=NN=C1)(c1ccc(F)cc1F)C(F)(F)c1ccc(C#Cc2ccc(OCc3ccc(-c4ncco4)cc3)cc2)cn1. The Balaban J connectivity index is 1.12. The highest BCUT2D eigenvalue weighted by Crippen LogP contribution is 2.46. The number of hydrogen-bond acceptors (Lipinski definition) is 7. The zero-order chi connectivity index (χ0) is 31.4. The van der Waals surface area contributed by atoms with Crippen LogP contribution in [0.3, 0.4) is 0 Å². The molecule has 1 aliphatic heterocycles. The number of ether oxygens (including phenoxy) is 1. The van der Waals surface area contributed by atoms with Crippen molar-refractivity contribution in [3.63, 3.8) is 0 Å². The van der Waals surface area contributed by atoms with Gasteiger partial charge >= 0.3 is 5.92 Å². The first-order chi connectivity index (χ1) is 21.7. The van der Waals surface area contributed by atoms with Crippen LogP contribution in [-0.2, 0) is 18.1 Å². The van der Waals surface area contributed by atoms with Gasteiger partial charge in [0.15, 0.2) is 5.60 Å². The zero-order valence-corrected chi connectivity index (χ0v) is 23.2. The quantitative estimate of drug-likeness (QED) is 0.118. The molecule has 0 saturated heterocycles. The molecule has 0 aliphatic carbocycles. The summed E-state index contributed by atoms with van der Waals surface area (Å²) in [6.07, 6.45) is 5.31. The number of alkyl halides is 2. The number of aromatic nitrogens is 2. The normalized spacial score (nSPS) is 13.7. The molecule has 45 heavy (non-hydrogen) atoms. The largest absolute Gasteiger partial charge is 0.489 e. The number of aliphatic hydroxyl groups is 1. The van der Waals surface area contributed by atoms with Gasteiger partial charge in [-0.1, -0.05) is 24.0 Å². The second-order valence-corrected chi connectivity index (χ2v) is 10.0. The fourth-order valence-electron chi connectivity index (χ4n) is 4.53. The van der Waals surface area contributed by atoms with Crippen molar-refractivity contribution in [2.45, 2.75) is 18.1 Å². The first-order valence-corrected chi connectivity index (χ1v) is 13.5. The molecule has 1 aliphatic rings. The number of β-amino-alcohol motifs (C(OH)–C–C–N with tert-alkyl or cyclic N) is 1. The number of oxazole rings is 1. The van der Waals surface area contributed by atoms with E-state index < -0.39 is 41.0 Å². The number of pyridine rings is 1. The predicted molar refractivity (Wildman–Crippen MR) is 153 cm³/mol. The third-order valence-corrected chi connectivity index (χ3v) is 6.97. The number of hydrogen-bond donors (Lipinski definition) is 1. The summed E-state index contributed by atoms with van der Waals surface area (Å²) >= 11 is 0. The molecule has 1 atom stereocenters. The molecule has 0 fully saturated rings. The van der Waals surface area contributed by atoms with Gasteiger partial charge < -0.3 is 14.3 Å². The van der Waals surface area contributed by atoms with Crippen molar-refractivity contribution in [2.24, 2.45) is 10.3 Å². The Bertz CT molecular complexity index is 1930. The van der Waals surface area contributed by atoms with Crippen molar-refractivity contribution in [3.8, 4) is 29.0 Å².